The molecule has 0 saturated carbocycles. The third kappa shape index (κ3) is 4.23. The quantitative estimate of drug-likeness (QED) is 0.885. The van der Waals surface area contributed by atoms with E-state index in [-0.39, 0.29) is 5.54 Å². The van der Waals surface area contributed by atoms with E-state index in [1.54, 1.807) is 11.3 Å². The summed E-state index contributed by atoms with van der Waals surface area (Å²) in [7, 11) is 0. The second kappa shape index (κ2) is 6.27. The molecular formula is C16H23N3S. The van der Waals surface area contributed by atoms with E-state index in [2.05, 4.69) is 67.6 Å². The smallest absolute Gasteiger partial charge is 0.131 e. The lowest BCUT2D eigenvalue weighted by molar-refractivity contribution is 0.630. The zero-order valence-corrected chi connectivity index (χ0v) is 13.5. The van der Waals surface area contributed by atoms with Crippen molar-refractivity contribution >= 4 is 23.0 Å². The fourth-order valence-corrected chi connectivity index (χ4v) is 2.72. The maximum atomic E-state index is 4.73. The van der Waals surface area contributed by atoms with Crippen molar-refractivity contribution in [3.63, 3.8) is 0 Å². The third-order valence-corrected chi connectivity index (χ3v) is 3.73. The van der Waals surface area contributed by atoms with E-state index in [1.165, 1.54) is 4.88 Å². The summed E-state index contributed by atoms with van der Waals surface area (Å²) in [5, 5.41) is 5.54. The van der Waals surface area contributed by atoms with Crippen molar-refractivity contribution in [1.82, 2.24) is 4.98 Å². The van der Waals surface area contributed by atoms with Gasteiger partial charge in [-0.05, 0) is 51.3 Å². The molecule has 0 aromatic carbocycles. The highest BCUT2D eigenvalue weighted by Gasteiger charge is 2.12. The minimum atomic E-state index is 0.0242. The number of hydrogen-bond acceptors (Lipinski definition) is 4. The van der Waals surface area contributed by atoms with Crippen LogP contribution in [0.4, 0.5) is 11.6 Å². The first-order valence-electron chi connectivity index (χ1n) is 7.00. The highest BCUT2D eigenvalue weighted by molar-refractivity contribution is 7.09. The molecule has 0 aliphatic rings. The van der Waals surface area contributed by atoms with Gasteiger partial charge in [0.15, 0.2) is 0 Å². The average Bonchev–Trinajstić information content (AvgIpc) is 2.87. The Bertz CT molecular complexity index is 529. The lowest BCUT2D eigenvalue weighted by Gasteiger charge is -2.25. The van der Waals surface area contributed by atoms with Crippen LogP contribution in [0.5, 0.6) is 0 Å². The molecule has 0 unspecified atom stereocenters. The van der Waals surface area contributed by atoms with E-state index in [4.69, 9.17) is 4.98 Å². The molecule has 0 fully saturated rings. The summed E-state index contributed by atoms with van der Waals surface area (Å²) in [6.45, 7) is 10.5. The van der Waals surface area contributed by atoms with Crippen LogP contribution in [0.25, 0.3) is 0 Å². The first kappa shape index (κ1) is 14.9. The molecule has 2 aromatic heterocycles. The number of rotatable bonds is 5. The Kier molecular flexibility index (Phi) is 4.65. The van der Waals surface area contributed by atoms with Gasteiger partial charge in [-0.2, -0.15) is 0 Å². The van der Waals surface area contributed by atoms with Crippen LogP contribution in [-0.2, 0) is 6.54 Å². The molecule has 2 aromatic rings. The zero-order chi connectivity index (χ0) is 14.6. The molecule has 2 rings (SSSR count). The van der Waals surface area contributed by atoms with Crippen LogP contribution >= 0.6 is 11.3 Å². The third-order valence-electron chi connectivity index (χ3n) is 2.87. The lowest BCUT2D eigenvalue weighted by Crippen LogP contribution is -2.28. The Morgan fingerprint density at radius 3 is 2.60 bits per heavy atom. The summed E-state index contributed by atoms with van der Waals surface area (Å²) in [5.74, 6) is 1.95. The summed E-state index contributed by atoms with van der Waals surface area (Å²) in [6.07, 6.45) is 0. The van der Waals surface area contributed by atoms with E-state index in [0.29, 0.717) is 0 Å². The molecule has 0 amide bonds. The second-order valence-electron chi connectivity index (χ2n) is 5.85. The molecule has 20 heavy (non-hydrogen) atoms. The number of pyridine rings is 1. The molecule has 0 spiro atoms. The largest absolute Gasteiger partial charge is 0.365 e. The van der Waals surface area contributed by atoms with Crippen LogP contribution in [0.2, 0.25) is 0 Å². The standard InChI is InChI=1S/C16H23N3S/c1-5-19(12-13-8-7-11-20-13)15-10-6-9-14(17-15)18-16(2,3)4/h6-11H,5,12H2,1-4H3,(H,17,18). The molecular weight excluding hydrogens is 266 g/mol. The second-order valence-corrected chi connectivity index (χ2v) is 6.88. The molecule has 108 valence electrons. The Hall–Kier alpha value is -1.55. The van der Waals surface area contributed by atoms with Gasteiger partial charge in [0, 0.05) is 17.0 Å². The van der Waals surface area contributed by atoms with Gasteiger partial charge in [-0.3, -0.25) is 0 Å². The highest BCUT2D eigenvalue weighted by atomic mass is 32.1. The number of nitrogens with zero attached hydrogens (tertiary/aromatic N) is 2. The van der Waals surface area contributed by atoms with Crippen LogP contribution in [0.15, 0.2) is 35.7 Å². The van der Waals surface area contributed by atoms with Gasteiger partial charge in [0.25, 0.3) is 0 Å². The minimum Gasteiger partial charge on any atom is -0.365 e. The van der Waals surface area contributed by atoms with Crippen LogP contribution in [-0.4, -0.2) is 17.1 Å². The Labute approximate surface area is 125 Å². The molecule has 2 heterocycles. The molecule has 3 nitrogen and oxygen atoms in total. The maximum Gasteiger partial charge on any atom is 0.131 e. The van der Waals surface area contributed by atoms with Crippen molar-refractivity contribution in [2.75, 3.05) is 16.8 Å². The van der Waals surface area contributed by atoms with Gasteiger partial charge in [0.05, 0.1) is 6.54 Å². The van der Waals surface area contributed by atoms with Crippen molar-refractivity contribution < 1.29 is 0 Å². The van der Waals surface area contributed by atoms with Crippen molar-refractivity contribution in [2.24, 2.45) is 0 Å². The fourth-order valence-electron chi connectivity index (χ4n) is 2.00. The number of thiophene rings is 1. The van der Waals surface area contributed by atoms with Crippen molar-refractivity contribution in [2.45, 2.75) is 39.8 Å². The zero-order valence-electron chi connectivity index (χ0n) is 12.7. The maximum absolute atomic E-state index is 4.73. The van der Waals surface area contributed by atoms with Gasteiger partial charge < -0.3 is 10.2 Å². The summed E-state index contributed by atoms with van der Waals surface area (Å²) in [5.41, 5.74) is 0.0242. The van der Waals surface area contributed by atoms with E-state index in [1.807, 2.05) is 6.07 Å². The molecule has 0 aliphatic carbocycles. The predicted octanol–water partition coefficient (Wildman–Crippen LogP) is 4.38. The molecule has 0 bridgehead atoms. The number of aromatic nitrogens is 1. The summed E-state index contributed by atoms with van der Waals surface area (Å²) in [4.78, 5) is 8.38. The number of anilines is 2. The van der Waals surface area contributed by atoms with Crippen LogP contribution in [0.3, 0.4) is 0 Å². The SMILES string of the molecule is CCN(Cc1cccs1)c1cccc(NC(C)(C)C)n1. The van der Waals surface area contributed by atoms with Gasteiger partial charge in [-0.1, -0.05) is 12.1 Å². The van der Waals surface area contributed by atoms with Crippen LogP contribution in [0, 0.1) is 0 Å². The first-order valence-corrected chi connectivity index (χ1v) is 7.88. The predicted molar refractivity (Wildman–Crippen MR) is 88.7 cm³/mol. The van der Waals surface area contributed by atoms with Gasteiger partial charge in [-0.25, -0.2) is 4.98 Å². The molecule has 0 atom stereocenters. The average molecular weight is 289 g/mol. The topological polar surface area (TPSA) is 28.2 Å². The first-order chi connectivity index (χ1) is 9.48. The minimum absolute atomic E-state index is 0.0242. The molecule has 1 N–H and O–H groups in total. The molecule has 0 aliphatic heterocycles. The summed E-state index contributed by atoms with van der Waals surface area (Å²) in [6, 6.07) is 10.4. The number of hydrogen-bond donors (Lipinski definition) is 1. The van der Waals surface area contributed by atoms with Crippen molar-refractivity contribution in [3.8, 4) is 0 Å². The van der Waals surface area contributed by atoms with Gasteiger partial charge in [0.1, 0.15) is 11.6 Å². The van der Waals surface area contributed by atoms with E-state index in [0.717, 1.165) is 24.7 Å². The van der Waals surface area contributed by atoms with E-state index >= 15 is 0 Å². The molecule has 0 radical (unpaired) electrons. The Morgan fingerprint density at radius 2 is 2.00 bits per heavy atom. The fraction of sp³-hybridized carbons (Fsp3) is 0.438. The van der Waals surface area contributed by atoms with Gasteiger partial charge in [0.2, 0.25) is 0 Å². The van der Waals surface area contributed by atoms with Crippen LogP contribution in [0.1, 0.15) is 32.6 Å². The van der Waals surface area contributed by atoms with Gasteiger partial charge in [-0.15, -0.1) is 11.3 Å². The van der Waals surface area contributed by atoms with Crippen molar-refractivity contribution in [1.29, 1.82) is 0 Å². The molecule has 4 heteroatoms. The molecule has 0 saturated heterocycles. The lowest BCUT2D eigenvalue weighted by atomic mass is 10.1. The highest BCUT2D eigenvalue weighted by Crippen LogP contribution is 2.20. The Morgan fingerprint density at radius 1 is 1.20 bits per heavy atom. The monoisotopic (exact) mass is 289 g/mol. The van der Waals surface area contributed by atoms with Gasteiger partial charge >= 0.3 is 0 Å². The summed E-state index contributed by atoms with van der Waals surface area (Å²) < 4.78 is 0. The van der Waals surface area contributed by atoms with E-state index in [9.17, 15) is 0 Å². The Balaban J connectivity index is 2.15. The number of nitrogens with one attached hydrogen (secondary N) is 1. The van der Waals surface area contributed by atoms with Crippen LogP contribution < -0.4 is 10.2 Å². The van der Waals surface area contributed by atoms with Crippen molar-refractivity contribution in [3.05, 3.63) is 40.6 Å². The normalized spacial score (nSPS) is 11.4. The van der Waals surface area contributed by atoms with E-state index < -0.39 is 0 Å². The summed E-state index contributed by atoms with van der Waals surface area (Å²) >= 11 is 1.79.